The molecule has 1 aromatic heterocycles. The lowest BCUT2D eigenvalue weighted by Crippen LogP contribution is -2.42. The highest BCUT2D eigenvalue weighted by Gasteiger charge is 2.29. The Bertz CT molecular complexity index is 1040. The molecule has 0 unspecified atom stereocenters. The number of pyridine rings is 1. The van der Waals surface area contributed by atoms with Crippen molar-refractivity contribution in [1.82, 2.24) is 14.4 Å². The average Bonchev–Trinajstić information content (AvgIpc) is 2.73. The van der Waals surface area contributed by atoms with Crippen LogP contribution in [0.15, 0.2) is 35.3 Å². The molecule has 0 N–H and O–H groups in total. The van der Waals surface area contributed by atoms with E-state index < -0.39 is 5.82 Å². The van der Waals surface area contributed by atoms with Crippen molar-refractivity contribution in [2.45, 2.75) is 52.0 Å². The molecule has 0 spiro atoms. The van der Waals surface area contributed by atoms with Crippen LogP contribution in [0.3, 0.4) is 0 Å². The highest BCUT2D eigenvalue weighted by atomic mass is 19.1. The van der Waals surface area contributed by atoms with Crippen LogP contribution in [0.25, 0.3) is 5.69 Å². The number of fused-ring (bicyclic) bond motifs is 1. The first-order valence-electron chi connectivity index (χ1n) is 11.0. The maximum absolute atomic E-state index is 13.6. The number of aromatic nitrogens is 1. The van der Waals surface area contributed by atoms with Crippen LogP contribution in [-0.4, -0.2) is 45.8 Å². The van der Waals surface area contributed by atoms with E-state index in [1.165, 1.54) is 42.2 Å². The lowest BCUT2D eigenvalue weighted by molar-refractivity contribution is -0.129. The zero-order chi connectivity index (χ0) is 22.0. The fourth-order valence-electron chi connectivity index (χ4n) is 4.55. The molecule has 2 aromatic rings. The van der Waals surface area contributed by atoms with Gasteiger partial charge in [0.25, 0.3) is 11.5 Å². The second-order valence-electron chi connectivity index (χ2n) is 8.41. The summed E-state index contributed by atoms with van der Waals surface area (Å²) >= 11 is 0. The van der Waals surface area contributed by atoms with Gasteiger partial charge in [-0.05, 0) is 54.7 Å². The minimum absolute atomic E-state index is 0.0400. The molecule has 0 aliphatic carbocycles. The first kappa shape index (κ1) is 21.3. The highest BCUT2D eigenvalue weighted by molar-refractivity contribution is 5.96. The van der Waals surface area contributed by atoms with Crippen LogP contribution in [0, 0.1) is 5.82 Å². The number of amides is 2. The number of hydrogen-bond acceptors (Lipinski definition) is 3. The summed E-state index contributed by atoms with van der Waals surface area (Å²) in [5.41, 5.74) is 1.85. The Labute approximate surface area is 181 Å². The molecule has 0 radical (unpaired) electrons. The topological polar surface area (TPSA) is 62.6 Å². The molecule has 1 saturated heterocycles. The van der Waals surface area contributed by atoms with Crippen molar-refractivity contribution >= 4 is 11.8 Å². The molecule has 1 aromatic carbocycles. The normalized spacial score (nSPS) is 17.0. The third-order valence-corrected chi connectivity index (χ3v) is 6.31. The van der Waals surface area contributed by atoms with Gasteiger partial charge in [-0.2, -0.15) is 0 Å². The summed E-state index contributed by atoms with van der Waals surface area (Å²) in [4.78, 5) is 42.6. The van der Waals surface area contributed by atoms with Gasteiger partial charge in [-0.15, -0.1) is 0 Å². The Kier molecular flexibility index (Phi) is 6.20. The van der Waals surface area contributed by atoms with Gasteiger partial charge in [0.15, 0.2) is 0 Å². The van der Waals surface area contributed by atoms with Crippen LogP contribution in [0.5, 0.6) is 0 Å². The molecule has 6 nitrogen and oxygen atoms in total. The van der Waals surface area contributed by atoms with E-state index >= 15 is 0 Å². The lowest BCUT2D eigenvalue weighted by Gasteiger charge is -2.31. The molecule has 2 aliphatic rings. The molecule has 2 aliphatic heterocycles. The predicted octanol–water partition coefficient (Wildman–Crippen LogP) is 3.29. The van der Waals surface area contributed by atoms with Crippen molar-refractivity contribution in [2.24, 2.45) is 0 Å². The van der Waals surface area contributed by atoms with Crippen molar-refractivity contribution in [3.8, 4) is 5.69 Å². The second kappa shape index (κ2) is 9.04. The Morgan fingerprint density at radius 2 is 1.55 bits per heavy atom. The standard InChI is InChI=1S/C24H28FN3O3/c1-17(29)27-14-11-21-18(15-27)16-28(20-9-7-19(25)8-10-20)24(31)22(21)23(30)26-12-5-3-2-4-6-13-26/h7-10,16H,2-6,11-15H2,1H3. The summed E-state index contributed by atoms with van der Waals surface area (Å²) in [6.07, 6.45) is 7.40. The molecular formula is C24H28FN3O3. The molecule has 0 atom stereocenters. The number of rotatable bonds is 2. The number of nitrogens with zero attached hydrogens (tertiary/aromatic N) is 3. The van der Waals surface area contributed by atoms with Crippen molar-refractivity contribution in [2.75, 3.05) is 19.6 Å². The monoisotopic (exact) mass is 425 g/mol. The van der Waals surface area contributed by atoms with Gasteiger partial charge in [0.1, 0.15) is 11.4 Å². The fourth-order valence-corrected chi connectivity index (χ4v) is 4.55. The van der Waals surface area contributed by atoms with Crippen LogP contribution in [0.2, 0.25) is 0 Å². The Morgan fingerprint density at radius 1 is 0.903 bits per heavy atom. The van der Waals surface area contributed by atoms with Crippen molar-refractivity contribution in [3.05, 3.63) is 63.3 Å². The predicted molar refractivity (Wildman–Crippen MR) is 116 cm³/mol. The van der Waals surface area contributed by atoms with Crippen LogP contribution in [-0.2, 0) is 17.8 Å². The zero-order valence-corrected chi connectivity index (χ0v) is 17.9. The lowest BCUT2D eigenvalue weighted by atomic mass is 9.95. The minimum Gasteiger partial charge on any atom is -0.338 e. The van der Waals surface area contributed by atoms with Gasteiger partial charge in [0, 0.05) is 45.0 Å². The molecule has 4 rings (SSSR count). The molecule has 164 valence electrons. The van der Waals surface area contributed by atoms with Gasteiger partial charge in [0.2, 0.25) is 5.91 Å². The minimum atomic E-state index is -0.394. The van der Waals surface area contributed by atoms with E-state index in [1.54, 1.807) is 11.1 Å². The van der Waals surface area contributed by atoms with Gasteiger partial charge in [-0.1, -0.05) is 19.3 Å². The Hall–Kier alpha value is -2.96. The maximum atomic E-state index is 13.6. The summed E-state index contributed by atoms with van der Waals surface area (Å²) in [6, 6.07) is 5.64. The second-order valence-corrected chi connectivity index (χ2v) is 8.41. The number of carbonyl (C=O) groups is 2. The Balaban J connectivity index is 1.82. The number of benzene rings is 1. The fraction of sp³-hybridized carbons (Fsp3) is 0.458. The van der Waals surface area contributed by atoms with Gasteiger partial charge in [0.05, 0.1) is 0 Å². The summed E-state index contributed by atoms with van der Waals surface area (Å²) < 4.78 is 14.9. The number of hydrogen-bond donors (Lipinski definition) is 0. The van der Waals surface area contributed by atoms with E-state index in [1.807, 2.05) is 4.90 Å². The van der Waals surface area contributed by atoms with E-state index in [0.29, 0.717) is 38.3 Å². The quantitative estimate of drug-likeness (QED) is 0.742. The van der Waals surface area contributed by atoms with Crippen LogP contribution in [0.1, 0.15) is 60.5 Å². The largest absolute Gasteiger partial charge is 0.338 e. The van der Waals surface area contributed by atoms with Crippen molar-refractivity contribution in [1.29, 1.82) is 0 Å². The average molecular weight is 426 g/mol. The van der Waals surface area contributed by atoms with Crippen molar-refractivity contribution in [3.63, 3.8) is 0 Å². The molecule has 0 saturated carbocycles. The smallest absolute Gasteiger partial charge is 0.268 e. The first-order chi connectivity index (χ1) is 15.0. The van der Waals surface area contributed by atoms with E-state index in [0.717, 1.165) is 36.8 Å². The van der Waals surface area contributed by atoms with E-state index in [4.69, 9.17) is 0 Å². The van der Waals surface area contributed by atoms with E-state index in [-0.39, 0.29) is 22.9 Å². The summed E-state index contributed by atoms with van der Waals surface area (Å²) in [6.45, 7) is 3.67. The number of carbonyl (C=O) groups excluding carboxylic acids is 2. The molecule has 1 fully saturated rings. The maximum Gasteiger partial charge on any atom is 0.268 e. The molecular weight excluding hydrogens is 397 g/mol. The van der Waals surface area contributed by atoms with Gasteiger partial charge in [-0.25, -0.2) is 4.39 Å². The molecule has 2 amide bonds. The molecule has 7 heteroatoms. The SMILES string of the molecule is CC(=O)N1CCc2c(cn(-c3ccc(F)cc3)c(=O)c2C(=O)N2CCCCCCC2)C1. The first-order valence-corrected chi connectivity index (χ1v) is 11.0. The van der Waals surface area contributed by atoms with Crippen LogP contribution < -0.4 is 5.56 Å². The molecule has 31 heavy (non-hydrogen) atoms. The number of halogens is 1. The third-order valence-electron chi connectivity index (χ3n) is 6.31. The number of likely N-dealkylation sites (tertiary alicyclic amines) is 1. The summed E-state index contributed by atoms with van der Waals surface area (Å²) in [7, 11) is 0. The van der Waals surface area contributed by atoms with E-state index in [9.17, 15) is 18.8 Å². The molecule has 0 bridgehead atoms. The van der Waals surface area contributed by atoms with E-state index in [2.05, 4.69) is 0 Å². The third kappa shape index (κ3) is 4.40. The van der Waals surface area contributed by atoms with Gasteiger partial charge >= 0.3 is 0 Å². The van der Waals surface area contributed by atoms with Crippen LogP contribution in [0.4, 0.5) is 4.39 Å². The van der Waals surface area contributed by atoms with Crippen molar-refractivity contribution < 1.29 is 14.0 Å². The summed E-state index contributed by atoms with van der Waals surface area (Å²) in [5, 5.41) is 0. The van der Waals surface area contributed by atoms with Gasteiger partial charge in [-0.3, -0.25) is 19.0 Å². The Morgan fingerprint density at radius 3 is 2.19 bits per heavy atom. The van der Waals surface area contributed by atoms with Crippen LogP contribution >= 0.6 is 0 Å². The zero-order valence-electron chi connectivity index (χ0n) is 17.9. The molecule has 3 heterocycles. The highest BCUT2D eigenvalue weighted by Crippen LogP contribution is 2.24. The van der Waals surface area contributed by atoms with Gasteiger partial charge < -0.3 is 9.80 Å². The summed E-state index contributed by atoms with van der Waals surface area (Å²) in [5.74, 6) is -0.660.